The minimum atomic E-state index is -0.953. The van der Waals surface area contributed by atoms with Gasteiger partial charge < -0.3 is 15.8 Å². The predicted molar refractivity (Wildman–Crippen MR) is 73.4 cm³/mol. The molecule has 2 atom stereocenters. The second kappa shape index (κ2) is 6.89. The zero-order valence-electron chi connectivity index (χ0n) is 12.2. The number of nitrogens with one attached hydrogen (secondary N) is 1. The zero-order chi connectivity index (χ0) is 14.5. The number of carbonyl (C=O) groups excluding carboxylic acids is 2. The first-order chi connectivity index (χ1) is 8.92. The molecule has 0 aliphatic carbocycles. The Bertz CT molecular complexity index is 325. The van der Waals surface area contributed by atoms with E-state index in [0.29, 0.717) is 12.8 Å². The van der Waals surface area contributed by atoms with Crippen molar-refractivity contribution < 1.29 is 14.3 Å². The molecule has 1 fully saturated rings. The molecule has 1 rings (SSSR count). The van der Waals surface area contributed by atoms with Gasteiger partial charge in [-0.15, -0.1) is 0 Å². The highest BCUT2D eigenvalue weighted by Gasteiger charge is 2.39. The Hall–Kier alpha value is -1.10. The van der Waals surface area contributed by atoms with Crippen LogP contribution in [0.3, 0.4) is 0 Å². The lowest BCUT2D eigenvalue weighted by atomic mass is 9.83. The normalized spacial score (nSPS) is 22.8. The van der Waals surface area contributed by atoms with Crippen LogP contribution in [0.15, 0.2) is 0 Å². The molecule has 1 aliphatic rings. The third kappa shape index (κ3) is 3.93. The van der Waals surface area contributed by atoms with Gasteiger partial charge in [0.2, 0.25) is 11.8 Å². The van der Waals surface area contributed by atoms with Gasteiger partial charge in [0, 0.05) is 6.61 Å². The molecule has 19 heavy (non-hydrogen) atoms. The van der Waals surface area contributed by atoms with Gasteiger partial charge in [0.1, 0.15) is 5.54 Å². The van der Waals surface area contributed by atoms with Crippen molar-refractivity contribution in [3.63, 3.8) is 0 Å². The summed E-state index contributed by atoms with van der Waals surface area (Å²) < 4.78 is 5.54. The van der Waals surface area contributed by atoms with Crippen molar-refractivity contribution in [2.75, 3.05) is 6.61 Å². The van der Waals surface area contributed by atoms with Crippen LogP contribution in [0.2, 0.25) is 0 Å². The second-order valence-electron chi connectivity index (χ2n) is 5.58. The van der Waals surface area contributed by atoms with Crippen molar-refractivity contribution in [3.05, 3.63) is 0 Å². The lowest BCUT2D eigenvalue weighted by molar-refractivity contribution is -0.135. The third-order valence-electron chi connectivity index (χ3n) is 4.03. The summed E-state index contributed by atoms with van der Waals surface area (Å²) in [6.07, 6.45) is 3.84. The number of rotatable bonds is 6. The quantitative estimate of drug-likeness (QED) is 0.764. The summed E-state index contributed by atoms with van der Waals surface area (Å²) in [5.74, 6) is -0.657. The molecule has 3 N–H and O–H groups in total. The summed E-state index contributed by atoms with van der Waals surface area (Å²) in [6.45, 7) is 6.37. The maximum Gasteiger partial charge on any atom is 0.243 e. The van der Waals surface area contributed by atoms with E-state index in [-0.39, 0.29) is 17.9 Å². The standard InChI is InChI=1S/C14H26N2O3/c1-4-14(10(2)3,13(15)18)16-12(17)9-11-7-5-6-8-19-11/h10-11H,4-9H2,1-3H3,(H2,15,18)(H,16,17)/t11-,14+/m1/s1. The minimum absolute atomic E-state index is 0.0247. The summed E-state index contributed by atoms with van der Waals surface area (Å²) in [5.41, 5.74) is 4.53. The fraction of sp³-hybridized carbons (Fsp3) is 0.857. The van der Waals surface area contributed by atoms with Crippen LogP contribution in [-0.4, -0.2) is 30.1 Å². The van der Waals surface area contributed by atoms with E-state index in [1.165, 1.54) is 0 Å². The third-order valence-corrected chi connectivity index (χ3v) is 4.03. The molecule has 0 unspecified atom stereocenters. The Morgan fingerprint density at radius 3 is 2.53 bits per heavy atom. The maximum atomic E-state index is 12.1. The first-order valence-electron chi connectivity index (χ1n) is 7.15. The van der Waals surface area contributed by atoms with E-state index in [1.54, 1.807) is 0 Å². The van der Waals surface area contributed by atoms with Crippen LogP contribution in [0, 0.1) is 5.92 Å². The molecule has 1 heterocycles. The number of amides is 2. The van der Waals surface area contributed by atoms with Crippen LogP contribution in [0.5, 0.6) is 0 Å². The number of ether oxygens (including phenoxy) is 1. The number of carbonyl (C=O) groups is 2. The minimum Gasteiger partial charge on any atom is -0.378 e. The van der Waals surface area contributed by atoms with Crippen molar-refractivity contribution >= 4 is 11.8 Å². The smallest absolute Gasteiger partial charge is 0.243 e. The average molecular weight is 270 g/mol. The molecular formula is C14H26N2O3. The van der Waals surface area contributed by atoms with Gasteiger partial charge in [0.25, 0.3) is 0 Å². The highest BCUT2D eigenvalue weighted by molar-refractivity contribution is 5.90. The van der Waals surface area contributed by atoms with E-state index < -0.39 is 11.4 Å². The Morgan fingerprint density at radius 1 is 1.42 bits per heavy atom. The van der Waals surface area contributed by atoms with E-state index in [4.69, 9.17) is 10.5 Å². The molecule has 0 aromatic rings. The van der Waals surface area contributed by atoms with E-state index in [0.717, 1.165) is 25.9 Å². The Morgan fingerprint density at radius 2 is 2.11 bits per heavy atom. The highest BCUT2D eigenvalue weighted by Crippen LogP contribution is 2.22. The molecule has 1 saturated heterocycles. The van der Waals surface area contributed by atoms with Crippen molar-refractivity contribution in [1.82, 2.24) is 5.32 Å². The van der Waals surface area contributed by atoms with Crippen LogP contribution < -0.4 is 11.1 Å². The molecule has 0 bridgehead atoms. The van der Waals surface area contributed by atoms with Gasteiger partial charge in [-0.1, -0.05) is 20.8 Å². The van der Waals surface area contributed by atoms with E-state index in [1.807, 2.05) is 20.8 Å². The zero-order valence-corrected chi connectivity index (χ0v) is 12.2. The molecule has 0 spiro atoms. The summed E-state index contributed by atoms with van der Waals surface area (Å²) >= 11 is 0. The molecule has 5 nitrogen and oxygen atoms in total. The van der Waals surface area contributed by atoms with Crippen LogP contribution in [-0.2, 0) is 14.3 Å². The molecule has 2 amide bonds. The van der Waals surface area contributed by atoms with Crippen molar-refractivity contribution in [2.45, 2.75) is 64.5 Å². The van der Waals surface area contributed by atoms with Gasteiger partial charge in [0.05, 0.1) is 12.5 Å². The molecule has 0 aromatic carbocycles. The molecular weight excluding hydrogens is 244 g/mol. The second-order valence-corrected chi connectivity index (χ2v) is 5.58. The summed E-state index contributed by atoms with van der Waals surface area (Å²) in [4.78, 5) is 23.8. The van der Waals surface area contributed by atoms with E-state index >= 15 is 0 Å². The fourth-order valence-electron chi connectivity index (χ4n) is 2.64. The van der Waals surface area contributed by atoms with Crippen LogP contribution >= 0.6 is 0 Å². The lowest BCUT2D eigenvalue weighted by Gasteiger charge is -2.35. The van der Waals surface area contributed by atoms with Gasteiger partial charge >= 0.3 is 0 Å². The first-order valence-corrected chi connectivity index (χ1v) is 7.15. The molecule has 0 radical (unpaired) electrons. The Labute approximate surface area is 115 Å². The van der Waals surface area contributed by atoms with Gasteiger partial charge in [-0.3, -0.25) is 9.59 Å². The van der Waals surface area contributed by atoms with Crippen LogP contribution in [0.25, 0.3) is 0 Å². The Kier molecular flexibility index (Phi) is 5.79. The van der Waals surface area contributed by atoms with E-state index in [9.17, 15) is 9.59 Å². The highest BCUT2D eigenvalue weighted by atomic mass is 16.5. The number of primary amides is 1. The molecule has 5 heteroatoms. The van der Waals surface area contributed by atoms with Crippen LogP contribution in [0.1, 0.15) is 52.9 Å². The topological polar surface area (TPSA) is 81.4 Å². The van der Waals surface area contributed by atoms with Gasteiger partial charge in [0.15, 0.2) is 0 Å². The molecule has 0 saturated carbocycles. The van der Waals surface area contributed by atoms with E-state index in [2.05, 4.69) is 5.32 Å². The van der Waals surface area contributed by atoms with Crippen molar-refractivity contribution in [3.8, 4) is 0 Å². The fourth-order valence-corrected chi connectivity index (χ4v) is 2.64. The predicted octanol–water partition coefficient (Wildman–Crippen LogP) is 1.35. The first kappa shape index (κ1) is 16.0. The lowest BCUT2D eigenvalue weighted by Crippen LogP contribution is -2.60. The number of nitrogens with two attached hydrogens (primary N) is 1. The molecule has 1 aliphatic heterocycles. The SMILES string of the molecule is CC[C@@](NC(=O)C[C@H]1CCCCO1)(C(N)=O)C(C)C. The van der Waals surface area contributed by atoms with Crippen molar-refractivity contribution in [2.24, 2.45) is 11.7 Å². The average Bonchev–Trinajstić information content (AvgIpc) is 2.36. The summed E-state index contributed by atoms with van der Waals surface area (Å²) in [6, 6.07) is 0. The van der Waals surface area contributed by atoms with Gasteiger partial charge in [-0.05, 0) is 31.6 Å². The van der Waals surface area contributed by atoms with Crippen LogP contribution in [0.4, 0.5) is 0 Å². The van der Waals surface area contributed by atoms with Gasteiger partial charge in [-0.25, -0.2) is 0 Å². The summed E-state index contributed by atoms with van der Waals surface area (Å²) in [5, 5.41) is 2.83. The van der Waals surface area contributed by atoms with Crippen molar-refractivity contribution in [1.29, 1.82) is 0 Å². The maximum absolute atomic E-state index is 12.1. The monoisotopic (exact) mass is 270 g/mol. The molecule has 0 aromatic heterocycles. The Balaban J connectivity index is 2.63. The largest absolute Gasteiger partial charge is 0.378 e. The number of hydrogen-bond acceptors (Lipinski definition) is 3. The molecule has 110 valence electrons. The summed E-state index contributed by atoms with van der Waals surface area (Å²) in [7, 11) is 0. The van der Waals surface area contributed by atoms with Gasteiger partial charge in [-0.2, -0.15) is 0 Å². The number of hydrogen-bond donors (Lipinski definition) is 2.